The molecule has 2 amide bonds. The largest absolute Gasteiger partial charge is 0.493 e. The summed E-state index contributed by atoms with van der Waals surface area (Å²) in [6, 6.07) is 9.49. The van der Waals surface area contributed by atoms with Crippen LogP contribution in [0.4, 0.5) is 0 Å². The Kier molecular flexibility index (Phi) is 10.1. The zero-order valence-corrected chi connectivity index (χ0v) is 16.5. The Morgan fingerprint density at radius 3 is 2.73 bits per heavy atom. The van der Waals surface area contributed by atoms with Gasteiger partial charge in [-0.05, 0) is 32.0 Å². The van der Waals surface area contributed by atoms with Gasteiger partial charge in [0, 0.05) is 33.2 Å². The summed E-state index contributed by atoms with van der Waals surface area (Å²) in [5.41, 5.74) is 0. The number of piperidine rings is 1. The molecule has 0 aromatic heterocycles. The normalized spacial score (nSPS) is 16.5. The van der Waals surface area contributed by atoms with Crippen molar-refractivity contribution in [3.8, 4) is 5.75 Å². The number of benzene rings is 1. The van der Waals surface area contributed by atoms with Crippen molar-refractivity contribution < 1.29 is 14.3 Å². The number of likely N-dealkylation sites (N-methyl/N-ethyl adjacent to an activating group) is 2. The van der Waals surface area contributed by atoms with Crippen molar-refractivity contribution in [3.05, 3.63) is 30.3 Å². The van der Waals surface area contributed by atoms with E-state index >= 15 is 0 Å². The summed E-state index contributed by atoms with van der Waals surface area (Å²) >= 11 is 0. The number of amides is 2. The third-order valence-electron chi connectivity index (χ3n) is 4.52. The van der Waals surface area contributed by atoms with Gasteiger partial charge < -0.3 is 19.9 Å². The third kappa shape index (κ3) is 6.84. The molecule has 0 radical (unpaired) electrons. The van der Waals surface area contributed by atoms with E-state index in [1.165, 1.54) is 0 Å². The number of nitrogens with zero attached hydrogens (tertiary/aromatic N) is 2. The quantitative estimate of drug-likeness (QED) is 0.743. The summed E-state index contributed by atoms with van der Waals surface area (Å²) in [4.78, 5) is 28.5. The second kappa shape index (κ2) is 11.8. The van der Waals surface area contributed by atoms with Crippen molar-refractivity contribution >= 4 is 24.2 Å². The molecule has 1 heterocycles. The highest BCUT2D eigenvalue weighted by Crippen LogP contribution is 2.19. The van der Waals surface area contributed by atoms with E-state index in [1.54, 1.807) is 4.90 Å². The smallest absolute Gasteiger partial charge is 0.227 e. The zero-order valence-electron chi connectivity index (χ0n) is 15.6. The van der Waals surface area contributed by atoms with Gasteiger partial charge in [0.1, 0.15) is 5.75 Å². The van der Waals surface area contributed by atoms with Gasteiger partial charge in [-0.3, -0.25) is 9.59 Å². The molecule has 0 spiro atoms. The van der Waals surface area contributed by atoms with Crippen LogP contribution >= 0.6 is 12.4 Å². The van der Waals surface area contributed by atoms with E-state index in [-0.39, 0.29) is 30.1 Å². The number of ether oxygens (including phenoxy) is 1. The second-order valence-electron chi connectivity index (χ2n) is 6.45. The fourth-order valence-electron chi connectivity index (χ4n) is 3.04. The molecule has 1 atom stereocenters. The number of para-hydroxylation sites is 1. The SMILES string of the molecule is CNCCN(C)C(=O)C1CCCN(C(=O)CCOc2ccccc2)C1.Cl. The molecule has 1 aromatic carbocycles. The number of hydrogen-bond acceptors (Lipinski definition) is 4. The van der Waals surface area contributed by atoms with Crippen molar-refractivity contribution in [2.24, 2.45) is 5.92 Å². The summed E-state index contributed by atoms with van der Waals surface area (Å²) in [6.07, 6.45) is 2.07. The van der Waals surface area contributed by atoms with Gasteiger partial charge in [-0.15, -0.1) is 12.4 Å². The Labute approximate surface area is 162 Å². The van der Waals surface area contributed by atoms with Crippen molar-refractivity contribution in [1.82, 2.24) is 15.1 Å². The van der Waals surface area contributed by atoms with Crippen LogP contribution in [0.15, 0.2) is 30.3 Å². The number of carbonyl (C=O) groups is 2. The van der Waals surface area contributed by atoms with Gasteiger partial charge in [-0.25, -0.2) is 0 Å². The second-order valence-corrected chi connectivity index (χ2v) is 6.45. The molecule has 2 rings (SSSR count). The first kappa shape index (κ1) is 22.3. The lowest BCUT2D eigenvalue weighted by molar-refractivity contribution is -0.140. The molecule has 1 unspecified atom stereocenters. The monoisotopic (exact) mass is 383 g/mol. The van der Waals surface area contributed by atoms with Crippen LogP contribution in [0.2, 0.25) is 0 Å². The molecule has 1 aliphatic heterocycles. The van der Waals surface area contributed by atoms with Gasteiger partial charge in [-0.2, -0.15) is 0 Å². The Morgan fingerprint density at radius 1 is 1.31 bits per heavy atom. The number of nitrogens with one attached hydrogen (secondary N) is 1. The molecule has 0 saturated carbocycles. The van der Waals surface area contributed by atoms with Gasteiger partial charge in [0.25, 0.3) is 0 Å². The average Bonchev–Trinajstić information content (AvgIpc) is 2.66. The van der Waals surface area contributed by atoms with E-state index in [4.69, 9.17) is 4.74 Å². The van der Waals surface area contributed by atoms with Gasteiger partial charge in [-0.1, -0.05) is 18.2 Å². The fraction of sp³-hybridized carbons (Fsp3) is 0.579. The summed E-state index contributed by atoms with van der Waals surface area (Å²) in [5, 5.41) is 3.05. The van der Waals surface area contributed by atoms with E-state index in [0.717, 1.165) is 31.7 Å². The van der Waals surface area contributed by atoms with Crippen molar-refractivity contribution in [2.75, 3.05) is 46.9 Å². The summed E-state index contributed by atoms with van der Waals surface area (Å²) < 4.78 is 5.59. The minimum absolute atomic E-state index is 0. The standard InChI is InChI=1S/C19H29N3O3.ClH/c1-20-11-13-21(2)19(24)16-7-6-12-22(15-16)18(23)10-14-25-17-8-4-3-5-9-17;/h3-5,8-9,16,20H,6-7,10-15H2,1-2H3;1H. The van der Waals surface area contributed by atoms with Crippen LogP contribution in [0.3, 0.4) is 0 Å². The summed E-state index contributed by atoms with van der Waals surface area (Å²) in [5.74, 6) is 0.877. The molecule has 26 heavy (non-hydrogen) atoms. The highest BCUT2D eigenvalue weighted by atomic mass is 35.5. The molecule has 1 fully saturated rings. The first-order valence-corrected chi connectivity index (χ1v) is 8.97. The third-order valence-corrected chi connectivity index (χ3v) is 4.52. The maximum absolute atomic E-state index is 12.5. The lowest BCUT2D eigenvalue weighted by atomic mass is 9.96. The van der Waals surface area contributed by atoms with Crippen LogP contribution in [-0.2, 0) is 9.59 Å². The molecule has 0 bridgehead atoms. The van der Waals surface area contributed by atoms with E-state index in [2.05, 4.69) is 5.32 Å². The lowest BCUT2D eigenvalue weighted by Gasteiger charge is -2.34. The number of hydrogen-bond donors (Lipinski definition) is 1. The Bertz CT molecular complexity index is 556. The molecule has 146 valence electrons. The van der Waals surface area contributed by atoms with E-state index in [0.29, 0.717) is 26.1 Å². The topological polar surface area (TPSA) is 61.9 Å². The van der Waals surface area contributed by atoms with E-state index in [1.807, 2.05) is 49.3 Å². The predicted molar refractivity (Wildman–Crippen MR) is 105 cm³/mol. The first-order valence-electron chi connectivity index (χ1n) is 8.97. The fourth-order valence-corrected chi connectivity index (χ4v) is 3.04. The highest BCUT2D eigenvalue weighted by molar-refractivity contribution is 5.85. The lowest BCUT2D eigenvalue weighted by Crippen LogP contribution is -2.47. The Hall–Kier alpha value is -1.79. The van der Waals surface area contributed by atoms with Crippen molar-refractivity contribution in [2.45, 2.75) is 19.3 Å². The Balaban J connectivity index is 0.00000338. The molecular formula is C19H30ClN3O3. The molecule has 6 nitrogen and oxygen atoms in total. The molecule has 1 N–H and O–H groups in total. The van der Waals surface area contributed by atoms with Gasteiger partial charge in [0.05, 0.1) is 18.9 Å². The number of halogens is 1. The van der Waals surface area contributed by atoms with Crippen LogP contribution in [0.25, 0.3) is 0 Å². The van der Waals surface area contributed by atoms with E-state index < -0.39 is 0 Å². The Morgan fingerprint density at radius 2 is 2.04 bits per heavy atom. The van der Waals surface area contributed by atoms with Crippen LogP contribution in [0.5, 0.6) is 5.75 Å². The van der Waals surface area contributed by atoms with Crippen LogP contribution in [0, 0.1) is 5.92 Å². The van der Waals surface area contributed by atoms with Gasteiger partial charge in [0.15, 0.2) is 0 Å². The number of carbonyl (C=O) groups excluding carboxylic acids is 2. The van der Waals surface area contributed by atoms with Crippen molar-refractivity contribution in [1.29, 1.82) is 0 Å². The number of rotatable bonds is 8. The predicted octanol–water partition coefficient (Wildman–Crippen LogP) is 1.79. The molecule has 1 aromatic rings. The maximum atomic E-state index is 12.5. The molecule has 7 heteroatoms. The minimum atomic E-state index is -0.0883. The van der Waals surface area contributed by atoms with Crippen molar-refractivity contribution in [3.63, 3.8) is 0 Å². The molecule has 1 saturated heterocycles. The van der Waals surface area contributed by atoms with Crippen LogP contribution in [0.1, 0.15) is 19.3 Å². The molecule has 0 aliphatic carbocycles. The van der Waals surface area contributed by atoms with Gasteiger partial charge >= 0.3 is 0 Å². The number of likely N-dealkylation sites (tertiary alicyclic amines) is 1. The van der Waals surface area contributed by atoms with E-state index in [9.17, 15) is 9.59 Å². The summed E-state index contributed by atoms with van der Waals surface area (Å²) in [7, 11) is 3.70. The highest BCUT2D eigenvalue weighted by Gasteiger charge is 2.29. The minimum Gasteiger partial charge on any atom is -0.493 e. The molecular weight excluding hydrogens is 354 g/mol. The van der Waals surface area contributed by atoms with Gasteiger partial charge in [0.2, 0.25) is 11.8 Å². The average molecular weight is 384 g/mol. The zero-order chi connectivity index (χ0) is 18.1. The maximum Gasteiger partial charge on any atom is 0.227 e. The molecule has 1 aliphatic rings. The first-order chi connectivity index (χ1) is 12.1. The van der Waals surface area contributed by atoms with Crippen LogP contribution < -0.4 is 10.1 Å². The summed E-state index contributed by atoms with van der Waals surface area (Å²) in [6.45, 7) is 3.07. The van der Waals surface area contributed by atoms with Crippen LogP contribution in [-0.4, -0.2) is 68.5 Å².